The van der Waals surface area contributed by atoms with Crippen molar-refractivity contribution in [3.05, 3.63) is 57.1 Å². The van der Waals surface area contributed by atoms with Crippen LogP contribution in [0.4, 0.5) is 24.8 Å². The fourth-order valence-corrected chi connectivity index (χ4v) is 4.92. The molecule has 3 atom stereocenters. The molecule has 3 unspecified atom stereocenters. The van der Waals surface area contributed by atoms with Gasteiger partial charge in [-0.2, -0.15) is 13.2 Å². The van der Waals surface area contributed by atoms with E-state index in [2.05, 4.69) is 15.2 Å². The van der Waals surface area contributed by atoms with E-state index >= 15 is 0 Å². The molecule has 2 aliphatic rings. The van der Waals surface area contributed by atoms with Crippen molar-refractivity contribution < 1.29 is 23.1 Å². The number of carboxylic acids is 1. The zero-order chi connectivity index (χ0) is 25.2. The highest BCUT2D eigenvalue weighted by Crippen LogP contribution is 2.46. The summed E-state index contributed by atoms with van der Waals surface area (Å²) in [5, 5.41) is 12.9. The third-order valence-electron chi connectivity index (χ3n) is 6.82. The lowest BCUT2D eigenvalue weighted by Crippen LogP contribution is -2.31. The molecule has 1 saturated carbocycles. The second-order valence-corrected chi connectivity index (χ2v) is 9.45. The van der Waals surface area contributed by atoms with Gasteiger partial charge in [0.05, 0.1) is 22.6 Å². The maximum atomic E-state index is 13.2. The Morgan fingerprint density at radius 1 is 1.20 bits per heavy atom. The molecule has 1 saturated heterocycles. The first-order valence-electron chi connectivity index (χ1n) is 11.3. The molecule has 0 bridgehead atoms. The van der Waals surface area contributed by atoms with Gasteiger partial charge in [0.1, 0.15) is 5.69 Å². The second kappa shape index (κ2) is 7.96. The summed E-state index contributed by atoms with van der Waals surface area (Å²) in [6, 6.07) is 4.82. The molecule has 3 aromatic rings. The number of pyridine rings is 1. The second-order valence-electron chi connectivity index (χ2n) is 9.45. The Bertz CT molecular complexity index is 1410. The molecule has 11 heteroatoms. The number of fused-ring (bicyclic) bond motifs is 2. The van der Waals surface area contributed by atoms with Crippen LogP contribution in [0.5, 0.6) is 0 Å². The molecule has 5 rings (SSSR count). The lowest BCUT2D eigenvalue weighted by Gasteiger charge is -2.24. The Morgan fingerprint density at radius 3 is 2.51 bits per heavy atom. The van der Waals surface area contributed by atoms with Crippen molar-refractivity contribution in [3.8, 4) is 0 Å². The number of aromatic carboxylic acids is 1. The molecule has 8 nitrogen and oxygen atoms in total. The predicted molar refractivity (Wildman–Crippen MR) is 124 cm³/mol. The van der Waals surface area contributed by atoms with Gasteiger partial charge in [0.2, 0.25) is 5.95 Å². The number of carbonyl (C=O) groups is 1. The minimum Gasteiger partial charge on any atom is -0.476 e. The summed E-state index contributed by atoms with van der Waals surface area (Å²) in [5.74, 6) is 0.278. The van der Waals surface area contributed by atoms with Crippen molar-refractivity contribution in [3.63, 3.8) is 0 Å². The number of aromatic nitrogens is 3. The van der Waals surface area contributed by atoms with Gasteiger partial charge >= 0.3 is 12.1 Å². The van der Waals surface area contributed by atoms with E-state index in [9.17, 15) is 27.9 Å². The molecule has 1 aliphatic carbocycles. The molecule has 2 fully saturated rings. The first kappa shape index (κ1) is 23.1. The number of hydrogen-bond donors (Lipinski definition) is 2. The summed E-state index contributed by atoms with van der Waals surface area (Å²) in [7, 11) is 1.70. The third kappa shape index (κ3) is 4.08. The number of carboxylic acid groups (broad SMARTS) is 1. The number of rotatable bonds is 5. The lowest BCUT2D eigenvalue weighted by molar-refractivity contribution is -0.141. The zero-order valence-corrected chi connectivity index (χ0v) is 19.3. The highest BCUT2D eigenvalue weighted by Gasteiger charge is 2.46. The third-order valence-corrected chi connectivity index (χ3v) is 6.82. The Morgan fingerprint density at radius 2 is 1.89 bits per heavy atom. The topological polar surface area (TPSA) is 100 Å². The van der Waals surface area contributed by atoms with E-state index in [0.29, 0.717) is 34.3 Å². The normalized spacial score (nSPS) is 20.1. The summed E-state index contributed by atoms with van der Waals surface area (Å²) in [6.07, 6.45) is -3.56. The van der Waals surface area contributed by atoms with Crippen LogP contribution in [0.1, 0.15) is 46.7 Å². The van der Waals surface area contributed by atoms with Crippen LogP contribution in [0, 0.1) is 18.8 Å². The van der Waals surface area contributed by atoms with Gasteiger partial charge in [-0.25, -0.2) is 14.8 Å². The Labute approximate surface area is 198 Å². The number of nitrogens with one attached hydrogen (secondary N) is 1. The monoisotopic (exact) mass is 487 g/mol. The number of halogens is 3. The molecule has 2 aromatic heterocycles. The minimum absolute atomic E-state index is 0.0589. The quantitative estimate of drug-likeness (QED) is 0.562. The summed E-state index contributed by atoms with van der Waals surface area (Å²) in [4.78, 5) is 35.2. The number of anilines is 2. The number of nitrogens with zero attached hydrogens (tertiary/aromatic N) is 4. The number of hydrogen-bond acceptors (Lipinski definition) is 6. The van der Waals surface area contributed by atoms with Crippen molar-refractivity contribution in [1.29, 1.82) is 0 Å². The van der Waals surface area contributed by atoms with Crippen LogP contribution in [0.2, 0.25) is 0 Å². The van der Waals surface area contributed by atoms with E-state index in [1.807, 2.05) is 13.0 Å². The van der Waals surface area contributed by atoms with E-state index < -0.39 is 29.6 Å². The Balaban J connectivity index is 1.57. The number of aryl methyl sites for hydroxylation is 1. The number of alkyl halides is 3. The van der Waals surface area contributed by atoms with Gasteiger partial charge in [-0.15, -0.1) is 0 Å². The maximum absolute atomic E-state index is 13.2. The zero-order valence-electron chi connectivity index (χ0n) is 19.3. The van der Waals surface area contributed by atoms with Gasteiger partial charge in [-0.1, -0.05) is 6.07 Å². The lowest BCUT2D eigenvalue weighted by atomic mass is 10.0. The molecule has 0 spiro atoms. The van der Waals surface area contributed by atoms with Gasteiger partial charge in [0, 0.05) is 25.7 Å². The molecule has 35 heavy (non-hydrogen) atoms. The van der Waals surface area contributed by atoms with Crippen LogP contribution < -0.4 is 15.8 Å². The van der Waals surface area contributed by atoms with Crippen LogP contribution in [0.15, 0.2) is 29.1 Å². The standard InChI is InChI=1S/C24H24F3N5O3/c1-11-6-15(12(2)28-17-4-5-18(24(25,26)27)29-20(17)22(34)35)19-16(7-11)21(33)31(3)23(30-19)32-9-13-8-14(13)10-32/h4-7,12-14,28H,8-10H2,1-3H3,(H,34,35). The van der Waals surface area contributed by atoms with Crippen molar-refractivity contribution >= 4 is 28.5 Å². The van der Waals surface area contributed by atoms with Gasteiger partial charge < -0.3 is 15.3 Å². The smallest absolute Gasteiger partial charge is 0.433 e. The average Bonchev–Trinajstić information content (AvgIpc) is 3.40. The molecular formula is C24H24F3N5O3. The summed E-state index contributed by atoms with van der Waals surface area (Å²) in [5.41, 5.74) is -0.344. The molecular weight excluding hydrogens is 463 g/mol. The highest BCUT2D eigenvalue weighted by atomic mass is 19.4. The number of piperidine rings is 1. The Hall–Kier alpha value is -3.63. The van der Waals surface area contributed by atoms with Crippen molar-refractivity contribution in [2.24, 2.45) is 18.9 Å². The molecule has 2 N–H and O–H groups in total. The maximum Gasteiger partial charge on any atom is 0.433 e. The van der Waals surface area contributed by atoms with Gasteiger partial charge in [0.15, 0.2) is 5.69 Å². The Kier molecular flexibility index (Phi) is 5.26. The summed E-state index contributed by atoms with van der Waals surface area (Å²) < 4.78 is 40.7. The van der Waals surface area contributed by atoms with Gasteiger partial charge in [-0.05, 0) is 55.9 Å². The SMILES string of the molecule is Cc1cc(C(C)Nc2ccc(C(F)(F)F)nc2C(=O)O)c2nc(N3CC4CC4C3)n(C)c(=O)c2c1. The molecule has 184 valence electrons. The number of benzene rings is 1. The van der Waals surface area contributed by atoms with Crippen molar-refractivity contribution in [2.45, 2.75) is 32.5 Å². The fourth-order valence-electron chi connectivity index (χ4n) is 4.92. The predicted octanol–water partition coefficient (Wildman–Crippen LogP) is 3.98. The fraction of sp³-hybridized carbons (Fsp3) is 0.417. The van der Waals surface area contributed by atoms with Crippen LogP contribution in [0.25, 0.3) is 10.9 Å². The van der Waals surface area contributed by atoms with Crippen LogP contribution in [-0.2, 0) is 13.2 Å². The van der Waals surface area contributed by atoms with E-state index in [0.717, 1.165) is 30.8 Å². The molecule has 1 aliphatic heterocycles. The van der Waals surface area contributed by atoms with Crippen molar-refractivity contribution in [2.75, 3.05) is 23.3 Å². The van der Waals surface area contributed by atoms with Crippen LogP contribution in [0.3, 0.4) is 0 Å². The van der Waals surface area contributed by atoms with E-state index in [1.165, 1.54) is 6.42 Å². The van der Waals surface area contributed by atoms with E-state index in [1.54, 1.807) is 24.6 Å². The van der Waals surface area contributed by atoms with Gasteiger partial charge in [0.25, 0.3) is 5.56 Å². The first-order valence-corrected chi connectivity index (χ1v) is 11.3. The minimum atomic E-state index is -4.77. The van der Waals surface area contributed by atoms with E-state index in [4.69, 9.17) is 4.98 Å². The molecule has 3 heterocycles. The first-order chi connectivity index (χ1) is 16.4. The molecule has 0 radical (unpaired) electrons. The molecule has 0 amide bonds. The van der Waals surface area contributed by atoms with E-state index in [-0.39, 0.29) is 11.2 Å². The van der Waals surface area contributed by atoms with Gasteiger partial charge in [-0.3, -0.25) is 9.36 Å². The average molecular weight is 487 g/mol. The summed E-state index contributed by atoms with van der Waals surface area (Å²) >= 11 is 0. The molecule has 1 aromatic carbocycles. The van der Waals surface area contributed by atoms with Crippen molar-refractivity contribution in [1.82, 2.24) is 14.5 Å². The van der Waals surface area contributed by atoms with Crippen LogP contribution in [-0.4, -0.2) is 38.7 Å². The largest absolute Gasteiger partial charge is 0.476 e. The summed E-state index contributed by atoms with van der Waals surface area (Å²) in [6.45, 7) is 5.27. The highest BCUT2D eigenvalue weighted by molar-refractivity contribution is 5.92. The van der Waals surface area contributed by atoms with Crippen LogP contribution >= 0.6 is 0 Å².